The van der Waals surface area contributed by atoms with Crippen LogP contribution in [0.15, 0.2) is 42.6 Å². The van der Waals surface area contributed by atoms with E-state index in [4.69, 9.17) is 4.74 Å². The number of methoxy groups -OCH3 is 1. The summed E-state index contributed by atoms with van der Waals surface area (Å²) >= 11 is 0. The van der Waals surface area contributed by atoms with Gasteiger partial charge in [-0.2, -0.15) is 0 Å². The maximum absolute atomic E-state index is 5.30. The van der Waals surface area contributed by atoms with Crippen molar-refractivity contribution in [1.29, 1.82) is 0 Å². The number of fused-ring (bicyclic) bond motifs is 3. The van der Waals surface area contributed by atoms with Gasteiger partial charge in [0.2, 0.25) is 5.52 Å². The molecule has 0 aliphatic heterocycles. The summed E-state index contributed by atoms with van der Waals surface area (Å²) in [5, 5.41) is 3.77. The number of aromatic nitrogens is 1. The van der Waals surface area contributed by atoms with Gasteiger partial charge in [-0.25, -0.2) is 4.57 Å². The van der Waals surface area contributed by atoms with E-state index < -0.39 is 0 Å². The second-order valence-corrected chi connectivity index (χ2v) is 4.90. The Kier molecular flexibility index (Phi) is 2.86. The zero-order chi connectivity index (χ0) is 13.4. The Balaban J connectivity index is 2.39. The fraction of sp³-hybridized carbons (Fsp3) is 0.235. The van der Waals surface area contributed by atoms with E-state index in [0.717, 1.165) is 12.2 Å². The van der Waals surface area contributed by atoms with E-state index in [0.29, 0.717) is 0 Å². The van der Waals surface area contributed by atoms with Crippen molar-refractivity contribution in [2.24, 2.45) is 7.05 Å². The number of rotatable bonds is 2. The molecular formula is C17H18NO+. The first-order valence-corrected chi connectivity index (χ1v) is 6.62. The number of pyridine rings is 1. The van der Waals surface area contributed by atoms with E-state index in [1.807, 2.05) is 6.07 Å². The van der Waals surface area contributed by atoms with Crippen LogP contribution in [0, 0.1) is 0 Å². The average molecular weight is 252 g/mol. The summed E-state index contributed by atoms with van der Waals surface area (Å²) in [6, 6.07) is 13.0. The number of aryl methyl sites for hydroxylation is 2. The van der Waals surface area contributed by atoms with Crippen LogP contribution in [-0.2, 0) is 13.5 Å². The fourth-order valence-corrected chi connectivity index (χ4v) is 2.61. The van der Waals surface area contributed by atoms with Gasteiger partial charge in [-0.05, 0) is 36.2 Å². The van der Waals surface area contributed by atoms with Crippen molar-refractivity contribution in [2.45, 2.75) is 13.3 Å². The minimum atomic E-state index is 0.900. The Morgan fingerprint density at radius 1 is 1.05 bits per heavy atom. The van der Waals surface area contributed by atoms with E-state index >= 15 is 0 Å². The van der Waals surface area contributed by atoms with Crippen molar-refractivity contribution >= 4 is 21.7 Å². The largest absolute Gasteiger partial charge is 0.497 e. The van der Waals surface area contributed by atoms with Crippen LogP contribution in [0.1, 0.15) is 12.5 Å². The van der Waals surface area contributed by atoms with E-state index in [1.165, 1.54) is 27.2 Å². The number of hydrogen-bond donors (Lipinski definition) is 0. The summed E-state index contributed by atoms with van der Waals surface area (Å²) in [4.78, 5) is 0. The van der Waals surface area contributed by atoms with Gasteiger partial charge in [0.15, 0.2) is 6.20 Å². The summed E-state index contributed by atoms with van der Waals surface area (Å²) < 4.78 is 7.49. The lowest BCUT2D eigenvalue weighted by Gasteiger charge is -2.06. The molecule has 3 rings (SSSR count). The minimum Gasteiger partial charge on any atom is -0.497 e. The standard InChI is InChI=1S/C17H18NO/c1-4-12-5-7-16-15-8-6-14(19-3)10-13(15)11-18(2)17(16)9-12/h5-11H,4H2,1-3H3/q+1. The van der Waals surface area contributed by atoms with Crippen LogP contribution in [0.3, 0.4) is 0 Å². The summed E-state index contributed by atoms with van der Waals surface area (Å²) in [7, 11) is 3.80. The molecule has 1 heterocycles. The summed E-state index contributed by atoms with van der Waals surface area (Å²) in [5.74, 6) is 0.900. The minimum absolute atomic E-state index is 0.900. The molecule has 2 aromatic carbocycles. The molecule has 2 nitrogen and oxygen atoms in total. The van der Waals surface area contributed by atoms with Crippen LogP contribution in [0.4, 0.5) is 0 Å². The maximum Gasteiger partial charge on any atom is 0.213 e. The van der Waals surface area contributed by atoms with Crippen LogP contribution in [0.2, 0.25) is 0 Å². The van der Waals surface area contributed by atoms with Gasteiger partial charge >= 0.3 is 0 Å². The van der Waals surface area contributed by atoms with Gasteiger partial charge in [-0.3, -0.25) is 0 Å². The van der Waals surface area contributed by atoms with Crippen molar-refractivity contribution in [3.63, 3.8) is 0 Å². The van der Waals surface area contributed by atoms with Crippen LogP contribution in [0.5, 0.6) is 5.75 Å². The van der Waals surface area contributed by atoms with Crippen LogP contribution >= 0.6 is 0 Å². The Morgan fingerprint density at radius 2 is 1.84 bits per heavy atom. The highest BCUT2D eigenvalue weighted by atomic mass is 16.5. The van der Waals surface area contributed by atoms with Crippen molar-refractivity contribution in [1.82, 2.24) is 0 Å². The third-order valence-electron chi connectivity index (χ3n) is 3.73. The van der Waals surface area contributed by atoms with Crippen molar-refractivity contribution in [2.75, 3.05) is 7.11 Å². The first kappa shape index (κ1) is 12.0. The topological polar surface area (TPSA) is 13.1 Å². The molecule has 0 aliphatic rings. The van der Waals surface area contributed by atoms with E-state index in [-0.39, 0.29) is 0 Å². The van der Waals surface area contributed by atoms with Crippen molar-refractivity contribution in [3.05, 3.63) is 48.2 Å². The highest BCUT2D eigenvalue weighted by Crippen LogP contribution is 2.26. The smallest absolute Gasteiger partial charge is 0.213 e. The molecule has 0 aliphatic carbocycles. The molecule has 96 valence electrons. The summed E-state index contributed by atoms with van der Waals surface area (Å²) in [6.45, 7) is 2.19. The maximum atomic E-state index is 5.30. The number of nitrogens with zero attached hydrogens (tertiary/aromatic N) is 1. The molecule has 0 saturated heterocycles. The Bertz CT molecular complexity index is 762. The fourth-order valence-electron chi connectivity index (χ4n) is 2.61. The van der Waals surface area contributed by atoms with Gasteiger partial charge in [-0.1, -0.05) is 13.0 Å². The van der Waals surface area contributed by atoms with Gasteiger partial charge in [0, 0.05) is 11.5 Å². The molecule has 0 amide bonds. The first-order chi connectivity index (χ1) is 9.22. The molecule has 3 aromatic rings. The number of hydrogen-bond acceptors (Lipinski definition) is 1. The molecule has 19 heavy (non-hydrogen) atoms. The Labute approximate surface area is 113 Å². The molecule has 0 unspecified atom stereocenters. The van der Waals surface area contributed by atoms with Gasteiger partial charge < -0.3 is 4.74 Å². The summed E-state index contributed by atoms with van der Waals surface area (Å²) in [5.41, 5.74) is 2.65. The first-order valence-electron chi connectivity index (χ1n) is 6.62. The lowest BCUT2D eigenvalue weighted by atomic mass is 10.0. The molecule has 0 fully saturated rings. The quantitative estimate of drug-likeness (QED) is 0.503. The predicted molar refractivity (Wildman–Crippen MR) is 78.6 cm³/mol. The Morgan fingerprint density at radius 3 is 2.58 bits per heavy atom. The number of ether oxygens (including phenoxy) is 1. The highest BCUT2D eigenvalue weighted by Gasteiger charge is 2.11. The molecule has 0 spiro atoms. The molecule has 1 aromatic heterocycles. The van der Waals surface area contributed by atoms with Gasteiger partial charge in [0.05, 0.1) is 17.9 Å². The zero-order valence-corrected chi connectivity index (χ0v) is 11.6. The zero-order valence-electron chi connectivity index (χ0n) is 11.6. The second-order valence-electron chi connectivity index (χ2n) is 4.90. The molecule has 0 atom stereocenters. The third kappa shape index (κ3) is 1.93. The van der Waals surface area contributed by atoms with E-state index in [2.05, 4.69) is 55.1 Å². The monoisotopic (exact) mass is 252 g/mol. The molecule has 0 N–H and O–H groups in total. The van der Waals surface area contributed by atoms with E-state index in [1.54, 1.807) is 7.11 Å². The molecule has 2 heteroatoms. The highest BCUT2D eigenvalue weighted by molar-refractivity contribution is 6.04. The number of benzene rings is 2. The van der Waals surface area contributed by atoms with E-state index in [9.17, 15) is 0 Å². The van der Waals surface area contributed by atoms with Gasteiger partial charge in [-0.15, -0.1) is 0 Å². The molecule has 0 saturated carbocycles. The normalized spacial score (nSPS) is 11.1. The van der Waals surface area contributed by atoms with Crippen LogP contribution < -0.4 is 9.30 Å². The predicted octanol–water partition coefficient (Wildman–Crippen LogP) is 3.39. The van der Waals surface area contributed by atoms with Crippen molar-refractivity contribution < 1.29 is 9.30 Å². The van der Waals surface area contributed by atoms with Crippen LogP contribution in [-0.4, -0.2) is 7.11 Å². The molecule has 0 radical (unpaired) electrons. The van der Waals surface area contributed by atoms with Gasteiger partial charge in [0.1, 0.15) is 12.8 Å². The third-order valence-corrected chi connectivity index (χ3v) is 3.73. The molecule has 0 bridgehead atoms. The van der Waals surface area contributed by atoms with Crippen molar-refractivity contribution in [3.8, 4) is 5.75 Å². The summed E-state index contributed by atoms with van der Waals surface area (Å²) in [6.07, 6.45) is 3.23. The second kappa shape index (κ2) is 4.54. The SMILES string of the molecule is CCc1ccc2c3ccc(OC)cc3c[n+](C)c2c1. The molecular weight excluding hydrogens is 234 g/mol. The average Bonchev–Trinajstić information content (AvgIpc) is 2.46. The van der Waals surface area contributed by atoms with Crippen LogP contribution in [0.25, 0.3) is 21.7 Å². The lowest BCUT2D eigenvalue weighted by Crippen LogP contribution is -2.28. The van der Waals surface area contributed by atoms with Gasteiger partial charge in [0.25, 0.3) is 0 Å². The lowest BCUT2D eigenvalue weighted by molar-refractivity contribution is -0.643. The Hall–Kier alpha value is -2.09.